The Hall–Kier alpha value is -1.22. The van der Waals surface area contributed by atoms with E-state index >= 15 is 0 Å². The number of hydrogen-bond acceptors (Lipinski definition) is 3. The molecule has 1 aromatic rings. The largest absolute Gasteiger partial charge is 0.504 e. The van der Waals surface area contributed by atoms with E-state index in [9.17, 15) is 9.90 Å². The second kappa shape index (κ2) is 5.61. The summed E-state index contributed by atoms with van der Waals surface area (Å²) >= 11 is 5.50. The highest BCUT2D eigenvalue weighted by Crippen LogP contribution is 2.26. The van der Waals surface area contributed by atoms with Crippen LogP contribution >= 0.6 is 11.6 Å². The number of rotatable bonds is 5. The third-order valence-electron chi connectivity index (χ3n) is 2.04. The first kappa shape index (κ1) is 11.9. The van der Waals surface area contributed by atoms with Gasteiger partial charge in [-0.05, 0) is 24.6 Å². The Morgan fingerprint density at radius 2 is 2.27 bits per heavy atom. The minimum Gasteiger partial charge on any atom is -0.504 e. The molecule has 0 aliphatic carbocycles. The Morgan fingerprint density at radius 3 is 2.87 bits per heavy atom. The standard InChI is InChI=1S/C11H13ClO3/c1-15-11-7-8(4-5-10(11)14)9(13)3-2-6-12/h4-5,7,14H,2-3,6H2,1H3. The quantitative estimate of drug-likeness (QED) is 0.623. The average Bonchev–Trinajstić information content (AvgIpc) is 2.26. The Bertz CT molecular complexity index is 350. The number of alkyl halides is 1. The fraction of sp³-hybridized carbons (Fsp3) is 0.364. The van der Waals surface area contributed by atoms with Crippen LogP contribution in [0.2, 0.25) is 0 Å². The molecule has 0 spiro atoms. The summed E-state index contributed by atoms with van der Waals surface area (Å²) < 4.78 is 4.91. The molecule has 0 bridgehead atoms. The van der Waals surface area contributed by atoms with Crippen LogP contribution in [0.4, 0.5) is 0 Å². The molecular weight excluding hydrogens is 216 g/mol. The van der Waals surface area contributed by atoms with Crippen molar-refractivity contribution in [3.8, 4) is 11.5 Å². The van der Waals surface area contributed by atoms with Gasteiger partial charge in [0.15, 0.2) is 17.3 Å². The molecule has 1 rings (SSSR count). The summed E-state index contributed by atoms with van der Waals surface area (Å²) in [6.07, 6.45) is 1.07. The lowest BCUT2D eigenvalue weighted by atomic mass is 10.1. The number of phenolic OH excluding ortho intramolecular Hbond substituents is 1. The predicted octanol–water partition coefficient (Wildman–Crippen LogP) is 2.60. The van der Waals surface area contributed by atoms with Crippen LogP contribution in [0.5, 0.6) is 11.5 Å². The Labute approximate surface area is 93.6 Å². The van der Waals surface area contributed by atoms with Gasteiger partial charge in [0, 0.05) is 17.9 Å². The van der Waals surface area contributed by atoms with Crippen molar-refractivity contribution in [1.29, 1.82) is 0 Å². The molecule has 0 heterocycles. The van der Waals surface area contributed by atoms with Gasteiger partial charge in [-0.2, -0.15) is 0 Å². The number of Topliss-reactive ketones (excluding diaryl/α,β-unsaturated/α-hetero) is 1. The van der Waals surface area contributed by atoms with E-state index in [2.05, 4.69) is 0 Å². The van der Waals surface area contributed by atoms with Gasteiger partial charge in [0.1, 0.15) is 0 Å². The summed E-state index contributed by atoms with van der Waals surface area (Å²) in [6, 6.07) is 4.56. The van der Waals surface area contributed by atoms with Crippen molar-refractivity contribution in [2.75, 3.05) is 13.0 Å². The number of halogens is 1. The molecule has 0 amide bonds. The van der Waals surface area contributed by atoms with E-state index in [-0.39, 0.29) is 11.5 Å². The van der Waals surface area contributed by atoms with Crippen LogP contribution in [0.15, 0.2) is 18.2 Å². The highest BCUT2D eigenvalue weighted by molar-refractivity contribution is 6.18. The van der Waals surface area contributed by atoms with Crippen molar-refractivity contribution in [3.63, 3.8) is 0 Å². The maximum atomic E-state index is 11.6. The molecule has 3 nitrogen and oxygen atoms in total. The van der Waals surface area contributed by atoms with Crippen LogP contribution < -0.4 is 4.74 Å². The Balaban J connectivity index is 2.81. The first-order valence-electron chi connectivity index (χ1n) is 4.65. The maximum absolute atomic E-state index is 11.6. The molecule has 0 atom stereocenters. The molecule has 0 aliphatic rings. The van der Waals surface area contributed by atoms with E-state index in [0.29, 0.717) is 30.0 Å². The molecule has 0 saturated carbocycles. The molecule has 0 aromatic heterocycles. The number of hydrogen-bond donors (Lipinski definition) is 1. The number of benzene rings is 1. The number of ketones is 1. The first-order chi connectivity index (χ1) is 7.19. The maximum Gasteiger partial charge on any atom is 0.163 e. The molecule has 4 heteroatoms. The highest BCUT2D eigenvalue weighted by Gasteiger charge is 2.09. The summed E-state index contributed by atoms with van der Waals surface area (Å²) in [7, 11) is 1.45. The van der Waals surface area contributed by atoms with Gasteiger partial charge in [-0.3, -0.25) is 4.79 Å². The third kappa shape index (κ3) is 3.13. The van der Waals surface area contributed by atoms with Crippen molar-refractivity contribution in [1.82, 2.24) is 0 Å². The van der Waals surface area contributed by atoms with Crippen LogP contribution in [-0.2, 0) is 0 Å². The van der Waals surface area contributed by atoms with Crippen LogP contribution in [0, 0.1) is 0 Å². The van der Waals surface area contributed by atoms with Crippen LogP contribution in [0.1, 0.15) is 23.2 Å². The molecule has 0 aliphatic heterocycles. The Kier molecular flexibility index (Phi) is 4.43. The summed E-state index contributed by atoms with van der Waals surface area (Å²) in [5, 5.41) is 9.34. The summed E-state index contributed by atoms with van der Waals surface area (Å²) in [5.74, 6) is 0.827. The fourth-order valence-corrected chi connectivity index (χ4v) is 1.36. The zero-order valence-electron chi connectivity index (χ0n) is 8.50. The highest BCUT2D eigenvalue weighted by atomic mass is 35.5. The Morgan fingerprint density at radius 1 is 1.53 bits per heavy atom. The second-order valence-corrected chi connectivity index (χ2v) is 3.48. The molecule has 1 N–H and O–H groups in total. The molecule has 0 radical (unpaired) electrons. The number of carbonyl (C=O) groups is 1. The van der Waals surface area contributed by atoms with Gasteiger partial charge in [-0.1, -0.05) is 0 Å². The van der Waals surface area contributed by atoms with E-state index in [4.69, 9.17) is 16.3 Å². The monoisotopic (exact) mass is 228 g/mol. The van der Waals surface area contributed by atoms with Crippen LogP contribution in [-0.4, -0.2) is 23.9 Å². The molecule has 82 valence electrons. The zero-order chi connectivity index (χ0) is 11.3. The predicted molar refractivity (Wildman–Crippen MR) is 58.9 cm³/mol. The summed E-state index contributed by atoms with van der Waals surface area (Å²) in [6.45, 7) is 0. The van der Waals surface area contributed by atoms with Crippen molar-refractivity contribution >= 4 is 17.4 Å². The molecule has 0 fully saturated rings. The van der Waals surface area contributed by atoms with E-state index in [0.717, 1.165) is 0 Å². The van der Waals surface area contributed by atoms with E-state index < -0.39 is 0 Å². The number of aromatic hydroxyl groups is 1. The lowest BCUT2D eigenvalue weighted by Crippen LogP contribution is -1.99. The van der Waals surface area contributed by atoms with Gasteiger partial charge < -0.3 is 9.84 Å². The molecule has 1 aromatic carbocycles. The molecule has 15 heavy (non-hydrogen) atoms. The smallest absolute Gasteiger partial charge is 0.163 e. The second-order valence-electron chi connectivity index (χ2n) is 3.10. The first-order valence-corrected chi connectivity index (χ1v) is 5.18. The number of ether oxygens (including phenoxy) is 1. The van der Waals surface area contributed by atoms with Gasteiger partial charge in [-0.25, -0.2) is 0 Å². The summed E-state index contributed by atoms with van der Waals surface area (Å²) in [4.78, 5) is 11.6. The van der Waals surface area contributed by atoms with E-state index in [1.165, 1.54) is 19.2 Å². The minimum atomic E-state index is 0.00829. The minimum absolute atomic E-state index is 0.00829. The molecule has 0 unspecified atom stereocenters. The summed E-state index contributed by atoms with van der Waals surface area (Å²) in [5.41, 5.74) is 0.537. The third-order valence-corrected chi connectivity index (χ3v) is 2.31. The number of carbonyl (C=O) groups excluding carboxylic acids is 1. The topological polar surface area (TPSA) is 46.5 Å². The van der Waals surface area contributed by atoms with Gasteiger partial charge >= 0.3 is 0 Å². The van der Waals surface area contributed by atoms with E-state index in [1.54, 1.807) is 6.07 Å². The van der Waals surface area contributed by atoms with Crippen LogP contribution in [0.3, 0.4) is 0 Å². The SMILES string of the molecule is COc1cc(C(=O)CCCCl)ccc1O. The number of methoxy groups -OCH3 is 1. The van der Waals surface area contributed by atoms with Crippen molar-refractivity contribution in [2.45, 2.75) is 12.8 Å². The zero-order valence-corrected chi connectivity index (χ0v) is 9.25. The molecule has 0 saturated heterocycles. The average molecular weight is 229 g/mol. The van der Waals surface area contributed by atoms with Gasteiger partial charge in [-0.15, -0.1) is 11.6 Å². The van der Waals surface area contributed by atoms with E-state index in [1.807, 2.05) is 0 Å². The lowest BCUT2D eigenvalue weighted by molar-refractivity contribution is 0.0981. The fourth-order valence-electron chi connectivity index (χ4n) is 1.22. The number of phenols is 1. The van der Waals surface area contributed by atoms with Gasteiger partial charge in [0.05, 0.1) is 7.11 Å². The van der Waals surface area contributed by atoms with Gasteiger partial charge in [0.2, 0.25) is 0 Å². The molecular formula is C11H13ClO3. The van der Waals surface area contributed by atoms with Crippen molar-refractivity contribution in [2.24, 2.45) is 0 Å². The lowest BCUT2D eigenvalue weighted by Gasteiger charge is -2.05. The van der Waals surface area contributed by atoms with Crippen molar-refractivity contribution < 1.29 is 14.6 Å². The van der Waals surface area contributed by atoms with Crippen molar-refractivity contribution in [3.05, 3.63) is 23.8 Å². The van der Waals surface area contributed by atoms with Crippen LogP contribution in [0.25, 0.3) is 0 Å². The van der Waals surface area contributed by atoms with Gasteiger partial charge in [0.25, 0.3) is 0 Å². The normalized spacial score (nSPS) is 10.0.